The van der Waals surface area contributed by atoms with Crippen LogP contribution < -0.4 is 10.6 Å². The van der Waals surface area contributed by atoms with E-state index in [4.69, 9.17) is 9.40 Å². The Bertz CT molecular complexity index is 1270. The van der Waals surface area contributed by atoms with E-state index in [2.05, 4.69) is 21.6 Å². The van der Waals surface area contributed by atoms with Crippen molar-refractivity contribution in [3.05, 3.63) is 90.0 Å². The molecule has 1 fully saturated rings. The maximum atomic E-state index is 12.6. The monoisotopic (exact) mass is 438 g/mol. The third-order valence-corrected chi connectivity index (χ3v) is 5.75. The average molecular weight is 439 g/mol. The number of benzene rings is 3. The molecule has 0 radical (unpaired) electrons. The Balaban J connectivity index is 1.39. The number of para-hydroxylation sites is 2. The van der Waals surface area contributed by atoms with Gasteiger partial charge in [0.05, 0.1) is 11.3 Å². The summed E-state index contributed by atoms with van der Waals surface area (Å²) < 4.78 is 6.12. The van der Waals surface area contributed by atoms with Crippen LogP contribution in [0.15, 0.2) is 83.3 Å². The van der Waals surface area contributed by atoms with Crippen molar-refractivity contribution in [1.29, 1.82) is 0 Å². The van der Waals surface area contributed by atoms with E-state index in [1.165, 1.54) is 6.08 Å². The highest BCUT2D eigenvalue weighted by Crippen LogP contribution is 2.31. The number of piperazine rings is 1. The van der Waals surface area contributed by atoms with E-state index in [0.717, 1.165) is 60.5 Å². The largest absolute Gasteiger partial charge is 0.436 e. The maximum Gasteiger partial charge on any atom is 0.248 e. The number of hydrogen-bond acceptors (Lipinski definition) is 5. The van der Waals surface area contributed by atoms with Gasteiger partial charge in [-0.05, 0) is 35.4 Å². The number of hydrogen-bond donors (Lipinski definition) is 2. The molecule has 1 aromatic heterocycles. The Morgan fingerprint density at radius 1 is 1.00 bits per heavy atom. The number of carbonyl (C=O) groups is 1. The fraction of sp³-hybridized carbons (Fsp3) is 0.185. The third-order valence-electron chi connectivity index (χ3n) is 5.75. The van der Waals surface area contributed by atoms with E-state index in [0.29, 0.717) is 11.6 Å². The predicted molar refractivity (Wildman–Crippen MR) is 132 cm³/mol. The second-order valence-corrected chi connectivity index (χ2v) is 8.09. The zero-order valence-electron chi connectivity index (χ0n) is 18.3. The van der Waals surface area contributed by atoms with Crippen LogP contribution in [0.25, 0.3) is 28.6 Å². The van der Waals surface area contributed by atoms with Gasteiger partial charge in [-0.3, -0.25) is 9.69 Å². The summed E-state index contributed by atoms with van der Waals surface area (Å²) in [4.78, 5) is 19.8. The van der Waals surface area contributed by atoms with Gasteiger partial charge in [0.15, 0.2) is 5.58 Å². The van der Waals surface area contributed by atoms with Gasteiger partial charge >= 0.3 is 0 Å². The first-order valence-electron chi connectivity index (χ1n) is 11.2. The Morgan fingerprint density at radius 2 is 1.79 bits per heavy atom. The summed E-state index contributed by atoms with van der Waals surface area (Å²) in [5.41, 5.74) is 5.16. The van der Waals surface area contributed by atoms with Crippen molar-refractivity contribution in [2.45, 2.75) is 6.54 Å². The highest BCUT2D eigenvalue weighted by molar-refractivity contribution is 6.04. The molecule has 0 spiro atoms. The zero-order chi connectivity index (χ0) is 22.5. The standard InChI is InChI=1S/C27H26N4O2/c32-25(14-13-20-7-2-1-3-8-20)29-23-11-5-4-10-22(23)27-30-26-21(9-6-12-24(26)33-27)19-31-17-15-28-16-18-31/h1-14,28H,15-19H2,(H,29,32). The molecule has 1 saturated heterocycles. The lowest BCUT2D eigenvalue weighted by atomic mass is 10.1. The SMILES string of the molecule is O=C(C=Cc1ccccc1)Nc1ccccc1-c1nc2c(CN3CCNCC3)cccc2o1. The van der Waals surface area contributed by atoms with Crippen LogP contribution in [-0.2, 0) is 11.3 Å². The summed E-state index contributed by atoms with van der Waals surface area (Å²) in [6, 6.07) is 23.4. The molecule has 2 N–H and O–H groups in total. The average Bonchev–Trinajstić information content (AvgIpc) is 3.30. The highest BCUT2D eigenvalue weighted by Gasteiger charge is 2.17. The first-order chi connectivity index (χ1) is 16.3. The molecule has 3 aromatic carbocycles. The molecule has 0 atom stereocenters. The molecule has 1 aliphatic heterocycles. The summed E-state index contributed by atoms with van der Waals surface area (Å²) >= 11 is 0. The maximum absolute atomic E-state index is 12.6. The molecule has 1 amide bonds. The number of carbonyl (C=O) groups excluding carboxylic acids is 1. The van der Waals surface area contributed by atoms with Crippen molar-refractivity contribution in [1.82, 2.24) is 15.2 Å². The smallest absolute Gasteiger partial charge is 0.248 e. The van der Waals surface area contributed by atoms with Crippen molar-refractivity contribution < 1.29 is 9.21 Å². The van der Waals surface area contributed by atoms with Crippen molar-refractivity contribution >= 4 is 28.8 Å². The summed E-state index contributed by atoms with van der Waals surface area (Å²) in [5.74, 6) is 0.294. The van der Waals surface area contributed by atoms with Gasteiger partial charge in [0, 0.05) is 38.8 Å². The molecule has 6 nitrogen and oxygen atoms in total. The van der Waals surface area contributed by atoms with Crippen LogP contribution in [0.3, 0.4) is 0 Å². The van der Waals surface area contributed by atoms with Crippen molar-refractivity contribution in [3.8, 4) is 11.5 Å². The minimum atomic E-state index is -0.207. The third kappa shape index (κ3) is 5.03. The summed E-state index contributed by atoms with van der Waals surface area (Å²) in [6.45, 7) is 4.89. The topological polar surface area (TPSA) is 70.4 Å². The molecule has 6 heteroatoms. The lowest BCUT2D eigenvalue weighted by Gasteiger charge is -2.27. The van der Waals surface area contributed by atoms with E-state index in [1.807, 2.05) is 66.7 Å². The zero-order valence-corrected chi connectivity index (χ0v) is 18.3. The lowest BCUT2D eigenvalue weighted by molar-refractivity contribution is -0.111. The molecule has 0 aliphatic carbocycles. The fourth-order valence-corrected chi connectivity index (χ4v) is 4.05. The second-order valence-electron chi connectivity index (χ2n) is 8.09. The molecular weight excluding hydrogens is 412 g/mol. The number of nitrogens with zero attached hydrogens (tertiary/aromatic N) is 2. The number of anilines is 1. The molecule has 4 aromatic rings. The van der Waals surface area contributed by atoms with Gasteiger partial charge in [-0.25, -0.2) is 4.98 Å². The normalized spacial score (nSPS) is 14.7. The Kier molecular flexibility index (Phi) is 6.28. The van der Waals surface area contributed by atoms with Gasteiger partial charge in [-0.2, -0.15) is 0 Å². The fourth-order valence-electron chi connectivity index (χ4n) is 4.05. The van der Waals surface area contributed by atoms with Crippen LogP contribution in [0, 0.1) is 0 Å². The van der Waals surface area contributed by atoms with E-state index in [9.17, 15) is 4.79 Å². The Labute approximate surface area is 192 Å². The van der Waals surface area contributed by atoms with E-state index in [-0.39, 0.29) is 5.91 Å². The summed E-state index contributed by atoms with van der Waals surface area (Å²) in [5, 5.41) is 6.35. The molecule has 2 heterocycles. The molecule has 5 rings (SSSR count). The first-order valence-corrected chi connectivity index (χ1v) is 11.2. The number of rotatable bonds is 6. The van der Waals surface area contributed by atoms with Gasteiger partial charge in [0.1, 0.15) is 5.52 Å². The number of fused-ring (bicyclic) bond motifs is 1. The molecule has 33 heavy (non-hydrogen) atoms. The second kappa shape index (κ2) is 9.81. The van der Waals surface area contributed by atoms with Crippen LogP contribution >= 0.6 is 0 Å². The first kappa shape index (κ1) is 21.1. The van der Waals surface area contributed by atoms with Crippen LogP contribution in [-0.4, -0.2) is 42.0 Å². The minimum Gasteiger partial charge on any atom is -0.436 e. The number of aromatic nitrogens is 1. The molecule has 0 bridgehead atoms. The van der Waals surface area contributed by atoms with Crippen LogP contribution in [0.4, 0.5) is 5.69 Å². The highest BCUT2D eigenvalue weighted by atomic mass is 16.3. The van der Waals surface area contributed by atoms with Crippen molar-refractivity contribution in [2.75, 3.05) is 31.5 Å². The van der Waals surface area contributed by atoms with Gasteiger partial charge in [0.2, 0.25) is 11.8 Å². The van der Waals surface area contributed by atoms with E-state index >= 15 is 0 Å². The number of oxazole rings is 1. The molecule has 166 valence electrons. The van der Waals surface area contributed by atoms with Crippen LogP contribution in [0.1, 0.15) is 11.1 Å². The van der Waals surface area contributed by atoms with Crippen LogP contribution in [0.5, 0.6) is 0 Å². The van der Waals surface area contributed by atoms with Gasteiger partial charge in [-0.1, -0.05) is 54.6 Å². The Hall–Kier alpha value is -3.74. The molecule has 1 aliphatic rings. The number of amides is 1. The Morgan fingerprint density at radius 3 is 2.64 bits per heavy atom. The molecule has 0 saturated carbocycles. The predicted octanol–water partition coefficient (Wildman–Crippen LogP) is 4.55. The van der Waals surface area contributed by atoms with Crippen molar-refractivity contribution in [3.63, 3.8) is 0 Å². The van der Waals surface area contributed by atoms with E-state index < -0.39 is 0 Å². The summed E-state index contributed by atoms with van der Waals surface area (Å²) in [7, 11) is 0. The van der Waals surface area contributed by atoms with Gasteiger partial charge in [-0.15, -0.1) is 0 Å². The lowest BCUT2D eigenvalue weighted by Crippen LogP contribution is -2.42. The van der Waals surface area contributed by atoms with E-state index in [1.54, 1.807) is 6.08 Å². The van der Waals surface area contributed by atoms with Crippen LogP contribution in [0.2, 0.25) is 0 Å². The molecule has 0 unspecified atom stereocenters. The van der Waals surface area contributed by atoms with Gasteiger partial charge < -0.3 is 15.1 Å². The minimum absolute atomic E-state index is 0.207. The molecular formula is C27H26N4O2. The quantitative estimate of drug-likeness (QED) is 0.432. The van der Waals surface area contributed by atoms with Crippen molar-refractivity contribution in [2.24, 2.45) is 0 Å². The summed E-state index contributed by atoms with van der Waals surface area (Å²) in [6.07, 6.45) is 3.32. The van der Waals surface area contributed by atoms with Gasteiger partial charge in [0.25, 0.3) is 0 Å². The number of nitrogens with one attached hydrogen (secondary N) is 2.